The van der Waals surface area contributed by atoms with E-state index >= 15 is 0 Å². The second-order valence-electron chi connectivity index (χ2n) is 9.83. The van der Waals surface area contributed by atoms with E-state index in [2.05, 4.69) is 16.9 Å². The van der Waals surface area contributed by atoms with Gasteiger partial charge in [0.15, 0.2) is 0 Å². The predicted octanol–water partition coefficient (Wildman–Crippen LogP) is 5.77. The molecule has 0 radical (unpaired) electrons. The number of nitrogens with two attached hydrogens (primary N) is 1. The normalized spacial score (nSPS) is 18.1. The van der Waals surface area contributed by atoms with E-state index in [1.165, 1.54) is 44.1 Å². The monoisotopic (exact) mass is 492 g/mol. The van der Waals surface area contributed by atoms with Crippen LogP contribution < -0.4 is 20.9 Å². The van der Waals surface area contributed by atoms with Gasteiger partial charge >= 0.3 is 5.69 Å². The van der Waals surface area contributed by atoms with E-state index in [-0.39, 0.29) is 11.8 Å². The maximum Gasteiger partial charge on any atom is 0.332 e. The zero-order valence-corrected chi connectivity index (χ0v) is 21.1. The third kappa shape index (κ3) is 5.96. The first-order chi connectivity index (χ1) is 17.2. The lowest BCUT2D eigenvalue weighted by molar-refractivity contribution is 0.181. The second kappa shape index (κ2) is 11.4. The third-order valence-corrected chi connectivity index (χ3v) is 8.17. The molecule has 7 heteroatoms. The Balaban J connectivity index is 1.15. The van der Waals surface area contributed by atoms with Crippen molar-refractivity contribution >= 4 is 17.6 Å². The fourth-order valence-corrected chi connectivity index (χ4v) is 5.97. The number of rotatable bonds is 9. The van der Waals surface area contributed by atoms with Gasteiger partial charge in [-0.1, -0.05) is 32.1 Å². The largest absolute Gasteiger partial charge is 0.489 e. The number of aryl methyl sites for hydroxylation is 2. The van der Waals surface area contributed by atoms with Crippen LogP contribution >= 0.6 is 11.9 Å². The summed E-state index contributed by atoms with van der Waals surface area (Å²) < 4.78 is 12.9. The van der Waals surface area contributed by atoms with Crippen molar-refractivity contribution in [3.05, 3.63) is 70.9 Å². The quantitative estimate of drug-likeness (QED) is 0.371. The van der Waals surface area contributed by atoms with Gasteiger partial charge in [0.25, 0.3) is 0 Å². The molecule has 1 aliphatic carbocycles. The Morgan fingerprint density at radius 1 is 1.03 bits per heavy atom. The van der Waals surface area contributed by atoms with Gasteiger partial charge in [0.1, 0.15) is 11.9 Å². The molecule has 2 aromatic carbocycles. The molecule has 1 atom stereocenters. The summed E-state index contributed by atoms with van der Waals surface area (Å²) in [7, 11) is 0. The van der Waals surface area contributed by atoms with Crippen molar-refractivity contribution in [2.45, 2.75) is 75.3 Å². The van der Waals surface area contributed by atoms with Crippen LogP contribution in [0.1, 0.15) is 56.9 Å². The minimum atomic E-state index is 0.0388. The minimum Gasteiger partial charge on any atom is -0.489 e. The average Bonchev–Trinajstić information content (AvgIpc) is 3.28. The number of nitrogens with zero attached hydrogens (tertiary/aromatic N) is 2. The Bertz CT molecular complexity index is 1160. The lowest BCUT2D eigenvalue weighted by Crippen LogP contribution is -2.30. The summed E-state index contributed by atoms with van der Waals surface area (Å²) in [5.74, 6) is 1.81. The van der Waals surface area contributed by atoms with E-state index in [1.54, 1.807) is 16.5 Å². The third-order valence-electron chi connectivity index (χ3n) is 7.34. The van der Waals surface area contributed by atoms with E-state index in [4.69, 9.17) is 10.5 Å². The van der Waals surface area contributed by atoms with Gasteiger partial charge in [-0.3, -0.25) is 9.13 Å². The van der Waals surface area contributed by atoms with Gasteiger partial charge in [0, 0.05) is 36.1 Å². The molecular formula is C28H36N4O2S. The molecule has 2 aliphatic rings. The van der Waals surface area contributed by atoms with Crippen molar-refractivity contribution in [1.29, 1.82) is 0 Å². The van der Waals surface area contributed by atoms with Gasteiger partial charge in [-0.05, 0) is 91.6 Å². The highest BCUT2D eigenvalue weighted by Crippen LogP contribution is 2.32. The van der Waals surface area contributed by atoms with Crippen LogP contribution in [0.25, 0.3) is 5.69 Å². The summed E-state index contributed by atoms with van der Waals surface area (Å²) in [5, 5.41) is 0. The Hall–Kier alpha value is -2.64. The van der Waals surface area contributed by atoms with Crippen molar-refractivity contribution in [2.75, 3.05) is 11.3 Å². The van der Waals surface area contributed by atoms with Gasteiger partial charge in [-0.2, -0.15) is 0 Å². The Morgan fingerprint density at radius 2 is 1.86 bits per heavy atom. The number of aromatic nitrogens is 2. The van der Waals surface area contributed by atoms with Crippen LogP contribution in [0.3, 0.4) is 0 Å². The van der Waals surface area contributed by atoms with E-state index in [0.29, 0.717) is 6.54 Å². The number of hydrogen-bond acceptors (Lipinski definition) is 5. The van der Waals surface area contributed by atoms with Crippen LogP contribution in [-0.2, 0) is 13.0 Å². The van der Waals surface area contributed by atoms with Crippen molar-refractivity contribution < 1.29 is 4.74 Å². The van der Waals surface area contributed by atoms with Crippen LogP contribution in [0.15, 0.2) is 64.5 Å². The van der Waals surface area contributed by atoms with Gasteiger partial charge < -0.3 is 15.2 Å². The molecule has 3 N–H and O–H groups in total. The molecule has 0 spiro atoms. The van der Waals surface area contributed by atoms with E-state index < -0.39 is 0 Å². The molecule has 0 bridgehead atoms. The molecule has 186 valence electrons. The molecule has 0 saturated heterocycles. The first kappa shape index (κ1) is 24.1. The molecule has 35 heavy (non-hydrogen) atoms. The first-order valence-corrected chi connectivity index (χ1v) is 13.8. The second-order valence-corrected chi connectivity index (χ2v) is 10.7. The maximum absolute atomic E-state index is 12.9. The fourth-order valence-electron chi connectivity index (χ4n) is 5.26. The van der Waals surface area contributed by atoms with E-state index in [9.17, 15) is 4.79 Å². The number of imidazole rings is 1. The summed E-state index contributed by atoms with van der Waals surface area (Å²) >= 11 is 1.58. The Morgan fingerprint density at radius 3 is 2.66 bits per heavy atom. The first-order valence-electron chi connectivity index (χ1n) is 13.0. The zero-order chi connectivity index (χ0) is 24.0. The standard InChI is InChI=1S/C28H36N4O2S/c29-20-25-13-8-22-19-26(14-15-27(22)34-25)35-30-23-9-11-24(12-10-23)32-18-17-31(28(32)33)16-4-7-21-5-2-1-3-6-21/h9-12,14-15,17-19,21,25,30H,1-8,13,16,20,29H2/t25-/m0/s1. The lowest BCUT2D eigenvalue weighted by Gasteiger charge is -2.25. The number of benzene rings is 2. The number of anilines is 1. The Kier molecular flexibility index (Phi) is 7.84. The molecule has 3 aromatic rings. The van der Waals surface area contributed by atoms with Gasteiger partial charge in [-0.25, -0.2) is 4.79 Å². The van der Waals surface area contributed by atoms with E-state index in [1.807, 2.05) is 47.3 Å². The maximum atomic E-state index is 12.9. The van der Waals surface area contributed by atoms with Crippen molar-refractivity contribution in [2.24, 2.45) is 11.7 Å². The van der Waals surface area contributed by atoms with Crippen LogP contribution in [-0.4, -0.2) is 21.8 Å². The SMILES string of the molecule is NC[C@@H]1CCc2cc(SNc3ccc(-n4ccn(CCCC5CCCCC5)c4=O)cc3)ccc2O1. The molecule has 2 heterocycles. The topological polar surface area (TPSA) is 74.2 Å². The number of ether oxygens (including phenoxy) is 1. The van der Waals surface area contributed by atoms with Gasteiger partial charge in [0.05, 0.1) is 5.69 Å². The highest BCUT2D eigenvalue weighted by Gasteiger charge is 2.19. The molecule has 5 rings (SSSR count). The molecular weight excluding hydrogens is 456 g/mol. The van der Waals surface area contributed by atoms with Crippen molar-refractivity contribution in [3.8, 4) is 11.4 Å². The van der Waals surface area contributed by atoms with Crippen LogP contribution in [0.4, 0.5) is 5.69 Å². The number of nitrogens with one attached hydrogen (secondary N) is 1. The highest BCUT2D eigenvalue weighted by molar-refractivity contribution is 8.00. The smallest absolute Gasteiger partial charge is 0.332 e. The van der Waals surface area contributed by atoms with Crippen LogP contribution in [0, 0.1) is 5.92 Å². The molecule has 1 fully saturated rings. The van der Waals surface area contributed by atoms with Gasteiger partial charge in [0.2, 0.25) is 0 Å². The average molecular weight is 493 g/mol. The zero-order valence-electron chi connectivity index (χ0n) is 20.3. The van der Waals surface area contributed by atoms with Gasteiger partial charge in [-0.15, -0.1) is 0 Å². The Labute approximate surface area is 212 Å². The summed E-state index contributed by atoms with van der Waals surface area (Å²) in [6.45, 7) is 1.36. The number of hydrogen-bond donors (Lipinski definition) is 2. The lowest BCUT2D eigenvalue weighted by atomic mass is 9.86. The van der Waals surface area contributed by atoms with Crippen molar-refractivity contribution in [3.63, 3.8) is 0 Å². The summed E-state index contributed by atoms with van der Waals surface area (Å²) in [5.41, 5.74) is 8.90. The predicted molar refractivity (Wildman–Crippen MR) is 144 cm³/mol. The van der Waals surface area contributed by atoms with E-state index in [0.717, 1.165) is 53.7 Å². The summed E-state index contributed by atoms with van der Waals surface area (Å²) in [4.78, 5) is 14.0. The minimum absolute atomic E-state index is 0.0388. The number of fused-ring (bicyclic) bond motifs is 1. The molecule has 1 aromatic heterocycles. The molecule has 0 amide bonds. The fraction of sp³-hybridized carbons (Fsp3) is 0.464. The molecule has 1 saturated carbocycles. The summed E-state index contributed by atoms with van der Waals surface area (Å²) in [6.07, 6.45) is 15.1. The molecule has 1 aliphatic heterocycles. The molecule has 6 nitrogen and oxygen atoms in total. The highest BCUT2D eigenvalue weighted by atomic mass is 32.2. The molecule has 0 unspecified atom stereocenters. The van der Waals surface area contributed by atoms with Crippen LogP contribution in [0.5, 0.6) is 5.75 Å². The van der Waals surface area contributed by atoms with Crippen molar-refractivity contribution in [1.82, 2.24) is 9.13 Å². The van der Waals surface area contributed by atoms with Crippen LogP contribution in [0.2, 0.25) is 0 Å². The summed E-state index contributed by atoms with van der Waals surface area (Å²) in [6, 6.07) is 14.3.